The molecule has 2 aromatic rings. The first-order valence-electron chi connectivity index (χ1n) is 5.25. The number of rotatable bonds is 2. The number of hydrogen-bond donors (Lipinski definition) is 0. The summed E-state index contributed by atoms with van der Waals surface area (Å²) in [5, 5.41) is 0. The Morgan fingerprint density at radius 3 is 2.32 bits per heavy atom. The number of ketones is 1. The highest BCUT2D eigenvalue weighted by Gasteiger charge is 2.33. The zero-order chi connectivity index (χ0) is 14.0. The number of aromatic nitrogens is 3. The lowest BCUT2D eigenvalue weighted by Gasteiger charge is -2.10. The molecular weight excluding hydrogens is 259 g/mol. The molecule has 2 rings (SSSR count). The van der Waals surface area contributed by atoms with Gasteiger partial charge in [-0.25, -0.2) is 9.97 Å². The number of halogens is 3. The minimum atomic E-state index is -4.58. The van der Waals surface area contributed by atoms with Crippen molar-refractivity contribution in [2.24, 2.45) is 0 Å². The number of carbonyl (C=O) groups excluding carboxylic acids is 1. The maximum Gasteiger partial charge on any atom is 0.433 e. The molecule has 0 saturated heterocycles. The predicted molar refractivity (Wildman–Crippen MR) is 60.3 cm³/mol. The molecule has 0 aliphatic heterocycles. The standard InChI is InChI=1S/C12H8F3N3O/c1-7(19)9-6-18-10(12(13,14)15)5-8(9)11-16-3-2-4-17-11/h2-6H,1H3. The molecule has 0 aliphatic carbocycles. The topological polar surface area (TPSA) is 55.7 Å². The fourth-order valence-electron chi connectivity index (χ4n) is 1.51. The fraction of sp³-hybridized carbons (Fsp3) is 0.167. The van der Waals surface area contributed by atoms with Crippen LogP contribution in [0.2, 0.25) is 0 Å². The molecule has 2 heterocycles. The third-order valence-electron chi connectivity index (χ3n) is 2.38. The molecule has 0 atom stereocenters. The SMILES string of the molecule is CC(=O)c1cnc(C(F)(F)F)cc1-c1ncccn1. The number of carbonyl (C=O) groups is 1. The molecule has 0 N–H and O–H groups in total. The smallest absolute Gasteiger partial charge is 0.294 e. The van der Waals surface area contributed by atoms with E-state index in [2.05, 4.69) is 15.0 Å². The van der Waals surface area contributed by atoms with Gasteiger partial charge in [0.2, 0.25) is 0 Å². The van der Waals surface area contributed by atoms with Crippen LogP contribution in [-0.4, -0.2) is 20.7 Å². The second kappa shape index (κ2) is 4.75. The van der Waals surface area contributed by atoms with Gasteiger partial charge in [0.1, 0.15) is 5.69 Å². The van der Waals surface area contributed by atoms with Crippen molar-refractivity contribution >= 4 is 5.78 Å². The summed E-state index contributed by atoms with van der Waals surface area (Å²) >= 11 is 0. The molecule has 0 saturated carbocycles. The monoisotopic (exact) mass is 267 g/mol. The van der Waals surface area contributed by atoms with Gasteiger partial charge >= 0.3 is 6.18 Å². The summed E-state index contributed by atoms with van der Waals surface area (Å²) in [5.41, 5.74) is -1.01. The van der Waals surface area contributed by atoms with Crippen molar-refractivity contribution in [2.45, 2.75) is 13.1 Å². The van der Waals surface area contributed by atoms with Gasteiger partial charge < -0.3 is 0 Å². The van der Waals surface area contributed by atoms with Gasteiger partial charge in [-0.15, -0.1) is 0 Å². The second-order valence-corrected chi connectivity index (χ2v) is 3.74. The van der Waals surface area contributed by atoms with Gasteiger partial charge in [0, 0.05) is 29.7 Å². The highest BCUT2D eigenvalue weighted by Crippen LogP contribution is 2.31. The van der Waals surface area contributed by atoms with Gasteiger partial charge in [-0.05, 0) is 19.1 Å². The van der Waals surface area contributed by atoms with Crippen molar-refractivity contribution < 1.29 is 18.0 Å². The zero-order valence-electron chi connectivity index (χ0n) is 9.77. The Hall–Kier alpha value is -2.31. The average molecular weight is 267 g/mol. The van der Waals surface area contributed by atoms with Crippen LogP contribution in [0, 0.1) is 0 Å². The van der Waals surface area contributed by atoms with Crippen LogP contribution in [0.25, 0.3) is 11.4 Å². The fourth-order valence-corrected chi connectivity index (χ4v) is 1.51. The molecule has 0 unspecified atom stereocenters. The van der Waals surface area contributed by atoms with Crippen LogP contribution in [0.1, 0.15) is 23.0 Å². The van der Waals surface area contributed by atoms with Gasteiger partial charge in [0.25, 0.3) is 0 Å². The molecule has 19 heavy (non-hydrogen) atoms. The van der Waals surface area contributed by atoms with Crippen molar-refractivity contribution in [3.63, 3.8) is 0 Å². The van der Waals surface area contributed by atoms with Crippen LogP contribution in [0.4, 0.5) is 13.2 Å². The van der Waals surface area contributed by atoms with Crippen molar-refractivity contribution in [1.82, 2.24) is 15.0 Å². The molecule has 7 heteroatoms. The maximum absolute atomic E-state index is 12.6. The van der Waals surface area contributed by atoms with E-state index < -0.39 is 17.7 Å². The molecule has 0 amide bonds. The summed E-state index contributed by atoms with van der Waals surface area (Å²) < 4.78 is 37.9. The number of alkyl halides is 3. The molecule has 2 aromatic heterocycles. The Morgan fingerprint density at radius 1 is 1.16 bits per heavy atom. The van der Waals surface area contributed by atoms with Crippen molar-refractivity contribution in [3.8, 4) is 11.4 Å². The highest BCUT2D eigenvalue weighted by molar-refractivity contribution is 5.99. The number of nitrogens with zero attached hydrogens (tertiary/aromatic N) is 3. The largest absolute Gasteiger partial charge is 0.433 e. The second-order valence-electron chi connectivity index (χ2n) is 3.74. The molecule has 0 aliphatic rings. The lowest BCUT2D eigenvalue weighted by Crippen LogP contribution is -2.10. The average Bonchev–Trinajstić information content (AvgIpc) is 2.38. The summed E-state index contributed by atoms with van der Waals surface area (Å²) in [4.78, 5) is 22.4. The van der Waals surface area contributed by atoms with E-state index in [9.17, 15) is 18.0 Å². The number of pyridine rings is 1. The summed E-state index contributed by atoms with van der Waals surface area (Å²) in [6.45, 7) is 1.25. The zero-order valence-corrected chi connectivity index (χ0v) is 9.77. The van der Waals surface area contributed by atoms with Gasteiger partial charge in [-0.2, -0.15) is 13.2 Å². The Kier molecular flexibility index (Phi) is 3.28. The van der Waals surface area contributed by atoms with Crippen molar-refractivity contribution in [2.75, 3.05) is 0 Å². The number of Topliss-reactive ketones (excluding diaryl/α,β-unsaturated/α-hetero) is 1. The third-order valence-corrected chi connectivity index (χ3v) is 2.38. The Balaban J connectivity index is 2.65. The van der Waals surface area contributed by atoms with Crippen molar-refractivity contribution in [3.05, 3.63) is 42.0 Å². The van der Waals surface area contributed by atoms with Crippen LogP contribution >= 0.6 is 0 Å². The van der Waals surface area contributed by atoms with Crippen LogP contribution in [0.5, 0.6) is 0 Å². The number of hydrogen-bond acceptors (Lipinski definition) is 4. The summed E-state index contributed by atoms with van der Waals surface area (Å²) in [5.74, 6) is -0.343. The van der Waals surface area contributed by atoms with Crippen LogP contribution < -0.4 is 0 Å². The van der Waals surface area contributed by atoms with Crippen LogP contribution in [0.3, 0.4) is 0 Å². The lowest BCUT2D eigenvalue weighted by atomic mass is 10.1. The first-order chi connectivity index (χ1) is 8.89. The molecule has 4 nitrogen and oxygen atoms in total. The molecular formula is C12H8F3N3O. The van der Waals surface area contributed by atoms with E-state index in [0.29, 0.717) is 0 Å². The van der Waals surface area contributed by atoms with E-state index in [4.69, 9.17) is 0 Å². The maximum atomic E-state index is 12.6. The molecule has 0 fully saturated rings. The Bertz CT molecular complexity index is 611. The van der Waals surface area contributed by atoms with Gasteiger partial charge in [0.05, 0.1) is 0 Å². The summed E-state index contributed by atoms with van der Waals surface area (Å²) in [6.07, 6.45) is -0.907. The summed E-state index contributed by atoms with van der Waals surface area (Å²) in [7, 11) is 0. The van der Waals surface area contributed by atoms with E-state index in [-0.39, 0.29) is 17.0 Å². The predicted octanol–water partition coefficient (Wildman–Crippen LogP) is 2.76. The Morgan fingerprint density at radius 2 is 1.79 bits per heavy atom. The minimum absolute atomic E-state index is 0.0235. The quantitative estimate of drug-likeness (QED) is 0.785. The van der Waals surface area contributed by atoms with Gasteiger partial charge in [-0.3, -0.25) is 9.78 Å². The van der Waals surface area contributed by atoms with Gasteiger partial charge in [0.15, 0.2) is 11.6 Å². The highest BCUT2D eigenvalue weighted by atomic mass is 19.4. The molecule has 0 spiro atoms. The van der Waals surface area contributed by atoms with E-state index >= 15 is 0 Å². The first kappa shape index (κ1) is 13.1. The minimum Gasteiger partial charge on any atom is -0.294 e. The van der Waals surface area contributed by atoms with E-state index in [1.807, 2.05) is 0 Å². The normalized spacial score (nSPS) is 11.4. The first-order valence-corrected chi connectivity index (χ1v) is 5.25. The van der Waals surface area contributed by atoms with Gasteiger partial charge in [-0.1, -0.05) is 0 Å². The summed E-state index contributed by atoms with van der Waals surface area (Å²) in [6, 6.07) is 2.31. The van der Waals surface area contributed by atoms with Crippen molar-refractivity contribution in [1.29, 1.82) is 0 Å². The molecule has 0 bridgehead atoms. The molecule has 0 radical (unpaired) electrons. The van der Waals surface area contributed by atoms with E-state index in [0.717, 1.165) is 12.3 Å². The molecule has 0 aromatic carbocycles. The van der Waals surface area contributed by atoms with Crippen LogP contribution in [-0.2, 0) is 6.18 Å². The van der Waals surface area contributed by atoms with E-state index in [1.54, 1.807) is 0 Å². The lowest BCUT2D eigenvalue weighted by molar-refractivity contribution is -0.141. The van der Waals surface area contributed by atoms with E-state index in [1.165, 1.54) is 25.4 Å². The van der Waals surface area contributed by atoms with Crippen LogP contribution in [0.15, 0.2) is 30.7 Å². The Labute approximate surface area is 106 Å². The molecule has 98 valence electrons. The third kappa shape index (κ3) is 2.75.